The Labute approximate surface area is 142 Å². The second-order valence-electron chi connectivity index (χ2n) is 6.88. The lowest BCUT2D eigenvalue weighted by Crippen LogP contribution is -2.12. The summed E-state index contributed by atoms with van der Waals surface area (Å²) in [6.45, 7) is 6.93. The van der Waals surface area contributed by atoms with Crippen molar-refractivity contribution in [1.82, 2.24) is 9.78 Å². The summed E-state index contributed by atoms with van der Waals surface area (Å²) in [5, 5.41) is 4.63. The fourth-order valence-corrected chi connectivity index (χ4v) is 2.39. The number of ether oxygens (including phenoxy) is 1. The van der Waals surface area contributed by atoms with Crippen LogP contribution in [0.5, 0.6) is 5.75 Å². The zero-order chi connectivity index (χ0) is 17.2. The Bertz CT molecular complexity index is 799. The van der Waals surface area contributed by atoms with Crippen molar-refractivity contribution in [2.24, 2.45) is 0 Å². The van der Waals surface area contributed by atoms with Crippen LogP contribution in [0, 0.1) is 0 Å². The Kier molecular flexibility index (Phi) is 4.30. The third-order valence-electron chi connectivity index (χ3n) is 3.83. The third-order valence-corrected chi connectivity index (χ3v) is 3.83. The highest BCUT2D eigenvalue weighted by molar-refractivity contribution is 5.45. The first-order chi connectivity index (χ1) is 11.4. The zero-order valence-electron chi connectivity index (χ0n) is 14.4. The van der Waals surface area contributed by atoms with Crippen molar-refractivity contribution in [1.29, 1.82) is 0 Å². The van der Waals surface area contributed by atoms with Gasteiger partial charge < -0.3 is 10.5 Å². The van der Waals surface area contributed by atoms with Gasteiger partial charge in [-0.05, 0) is 29.8 Å². The highest BCUT2D eigenvalue weighted by atomic mass is 16.5. The van der Waals surface area contributed by atoms with E-state index < -0.39 is 0 Å². The van der Waals surface area contributed by atoms with E-state index in [1.54, 1.807) is 4.68 Å². The maximum atomic E-state index is 6.11. The zero-order valence-corrected chi connectivity index (χ0v) is 14.4. The third kappa shape index (κ3) is 3.59. The van der Waals surface area contributed by atoms with Crippen LogP contribution < -0.4 is 10.5 Å². The van der Waals surface area contributed by atoms with Gasteiger partial charge in [0.05, 0.1) is 11.4 Å². The molecule has 3 rings (SSSR count). The van der Waals surface area contributed by atoms with Crippen LogP contribution in [0.1, 0.15) is 32.0 Å². The molecule has 0 amide bonds. The van der Waals surface area contributed by atoms with E-state index in [0.29, 0.717) is 12.4 Å². The summed E-state index contributed by atoms with van der Waals surface area (Å²) in [4.78, 5) is 0. The van der Waals surface area contributed by atoms with Crippen LogP contribution in [0.25, 0.3) is 5.69 Å². The van der Waals surface area contributed by atoms with Gasteiger partial charge >= 0.3 is 0 Å². The lowest BCUT2D eigenvalue weighted by Gasteiger charge is -2.14. The molecule has 2 aromatic carbocycles. The van der Waals surface area contributed by atoms with Crippen molar-refractivity contribution in [2.75, 3.05) is 5.73 Å². The number of hydrogen-bond donors (Lipinski definition) is 1. The van der Waals surface area contributed by atoms with Crippen molar-refractivity contribution in [2.45, 2.75) is 32.8 Å². The predicted octanol–water partition coefficient (Wildman–Crippen LogP) is 4.33. The van der Waals surface area contributed by atoms with E-state index in [9.17, 15) is 0 Å². The molecule has 1 aromatic heterocycles. The molecule has 0 saturated heterocycles. The minimum atomic E-state index is -0.0297. The molecule has 0 radical (unpaired) electrons. The van der Waals surface area contributed by atoms with Gasteiger partial charge in [0.1, 0.15) is 18.2 Å². The fourth-order valence-electron chi connectivity index (χ4n) is 2.39. The molecule has 0 unspecified atom stereocenters. The predicted molar refractivity (Wildman–Crippen MR) is 97.5 cm³/mol. The summed E-state index contributed by atoms with van der Waals surface area (Å²) >= 11 is 0. The maximum absolute atomic E-state index is 6.11. The van der Waals surface area contributed by atoms with Crippen molar-refractivity contribution in [3.63, 3.8) is 0 Å². The quantitative estimate of drug-likeness (QED) is 0.778. The van der Waals surface area contributed by atoms with E-state index in [4.69, 9.17) is 10.5 Å². The van der Waals surface area contributed by atoms with Gasteiger partial charge in [-0.3, -0.25) is 0 Å². The van der Waals surface area contributed by atoms with E-state index in [2.05, 4.69) is 25.9 Å². The maximum Gasteiger partial charge on any atom is 0.127 e. The SMILES string of the molecule is CC(C)(C)c1cc(N)n(-c2ccc(OCc3ccccc3)cc2)n1. The Morgan fingerprint density at radius 3 is 2.25 bits per heavy atom. The van der Waals surface area contributed by atoms with E-state index in [0.717, 1.165) is 22.7 Å². The minimum Gasteiger partial charge on any atom is -0.489 e. The first kappa shape index (κ1) is 16.1. The van der Waals surface area contributed by atoms with Crippen molar-refractivity contribution in [3.8, 4) is 11.4 Å². The van der Waals surface area contributed by atoms with Crippen LogP contribution >= 0.6 is 0 Å². The van der Waals surface area contributed by atoms with Gasteiger partial charge in [0.15, 0.2) is 0 Å². The van der Waals surface area contributed by atoms with Crippen LogP contribution in [-0.2, 0) is 12.0 Å². The Hall–Kier alpha value is -2.75. The number of anilines is 1. The summed E-state index contributed by atoms with van der Waals surface area (Å²) in [5.74, 6) is 1.46. The molecular weight excluding hydrogens is 298 g/mol. The van der Waals surface area contributed by atoms with Crippen molar-refractivity contribution >= 4 is 5.82 Å². The van der Waals surface area contributed by atoms with Gasteiger partial charge in [-0.1, -0.05) is 51.1 Å². The lowest BCUT2D eigenvalue weighted by atomic mass is 9.92. The van der Waals surface area contributed by atoms with Crippen LogP contribution in [0.3, 0.4) is 0 Å². The second kappa shape index (κ2) is 6.40. The standard InChI is InChI=1S/C20H23N3O/c1-20(2,3)18-13-19(21)23(22-18)16-9-11-17(12-10-16)24-14-15-7-5-4-6-8-15/h4-13H,14,21H2,1-3H3. The molecular formula is C20H23N3O. The first-order valence-electron chi connectivity index (χ1n) is 8.07. The van der Waals surface area contributed by atoms with Crippen LogP contribution in [0.2, 0.25) is 0 Å². The van der Waals surface area contributed by atoms with Gasteiger partial charge in [-0.15, -0.1) is 0 Å². The molecule has 124 valence electrons. The first-order valence-corrected chi connectivity index (χ1v) is 8.07. The lowest BCUT2D eigenvalue weighted by molar-refractivity contribution is 0.306. The molecule has 2 N–H and O–H groups in total. The second-order valence-corrected chi connectivity index (χ2v) is 6.88. The average molecular weight is 321 g/mol. The molecule has 0 aliphatic rings. The van der Waals surface area contributed by atoms with Gasteiger partial charge in [-0.2, -0.15) is 5.10 Å². The number of aromatic nitrogens is 2. The molecule has 4 heteroatoms. The molecule has 0 fully saturated rings. The fraction of sp³-hybridized carbons (Fsp3) is 0.250. The number of hydrogen-bond acceptors (Lipinski definition) is 3. The van der Waals surface area contributed by atoms with Crippen molar-refractivity contribution in [3.05, 3.63) is 71.9 Å². The number of nitrogen functional groups attached to an aromatic ring is 1. The molecule has 0 bridgehead atoms. The average Bonchev–Trinajstić information content (AvgIpc) is 2.97. The summed E-state index contributed by atoms with van der Waals surface area (Å²) in [7, 11) is 0. The normalized spacial score (nSPS) is 11.5. The highest BCUT2D eigenvalue weighted by Gasteiger charge is 2.19. The molecule has 0 aliphatic heterocycles. The minimum absolute atomic E-state index is 0.0297. The monoisotopic (exact) mass is 321 g/mol. The van der Waals surface area contributed by atoms with E-state index >= 15 is 0 Å². The largest absolute Gasteiger partial charge is 0.489 e. The van der Waals surface area contributed by atoms with E-state index in [1.165, 1.54) is 0 Å². The van der Waals surface area contributed by atoms with E-state index in [1.807, 2.05) is 60.7 Å². The molecule has 1 heterocycles. The van der Waals surface area contributed by atoms with Gasteiger partial charge in [0.2, 0.25) is 0 Å². The van der Waals surface area contributed by atoms with Gasteiger partial charge in [0, 0.05) is 11.5 Å². The van der Waals surface area contributed by atoms with Gasteiger partial charge in [0.25, 0.3) is 0 Å². The van der Waals surface area contributed by atoms with Crippen LogP contribution in [-0.4, -0.2) is 9.78 Å². The van der Waals surface area contributed by atoms with Crippen molar-refractivity contribution < 1.29 is 4.74 Å². The Morgan fingerprint density at radius 2 is 1.67 bits per heavy atom. The molecule has 24 heavy (non-hydrogen) atoms. The summed E-state index contributed by atoms with van der Waals surface area (Å²) in [6, 6.07) is 19.9. The summed E-state index contributed by atoms with van der Waals surface area (Å²) in [6.07, 6.45) is 0. The smallest absolute Gasteiger partial charge is 0.127 e. The van der Waals surface area contributed by atoms with E-state index in [-0.39, 0.29) is 5.41 Å². The molecule has 0 atom stereocenters. The van der Waals surface area contributed by atoms with Crippen LogP contribution in [0.15, 0.2) is 60.7 Å². The Balaban J connectivity index is 1.74. The molecule has 4 nitrogen and oxygen atoms in total. The number of benzene rings is 2. The molecule has 0 aliphatic carbocycles. The molecule has 0 saturated carbocycles. The summed E-state index contributed by atoms with van der Waals surface area (Å²) < 4.78 is 7.58. The number of nitrogens with zero attached hydrogens (tertiary/aromatic N) is 2. The van der Waals surface area contributed by atoms with Gasteiger partial charge in [-0.25, -0.2) is 4.68 Å². The highest BCUT2D eigenvalue weighted by Crippen LogP contribution is 2.25. The number of rotatable bonds is 4. The molecule has 0 spiro atoms. The summed E-state index contributed by atoms with van der Waals surface area (Å²) in [5.41, 5.74) is 9.13. The van der Waals surface area contributed by atoms with Crippen LogP contribution in [0.4, 0.5) is 5.82 Å². The molecule has 3 aromatic rings. The number of nitrogens with two attached hydrogens (primary N) is 1. The Morgan fingerprint density at radius 1 is 1.00 bits per heavy atom. The topological polar surface area (TPSA) is 53.1 Å².